The number of carbonyl (C=O) groups excluding carboxylic acids is 3. The van der Waals surface area contributed by atoms with Gasteiger partial charge >= 0.3 is 6.03 Å². The maximum absolute atomic E-state index is 12.8. The molecule has 1 heterocycles. The quantitative estimate of drug-likeness (QED) is 0.675. The van der Waals surface area contributed by atoms with Crippen LogP contribution in [0.25, 0.3) is 0 Å². The van der Waals surface area contributed by atoms with Gasteiger partial charge in [-0.2, -0.15) is 0 Å². The van der Waals surface area contributed by atoms with Gasteiger partial charge in [-0.1, -0.05) is 41.4 Å². The predicted octanol–water partition coefficient (Wildman–Crippen LogP) is 3.30. The molecule has 3 rings (SSSR count). The Bertz CT molecular complexity index is 846. The molecule has 3 amide bonds. The number of carbonyl (C=O) groups is 3. The van der Waals surface area contributed by atoms with Crippen molar-refractivity contribution in [2.45, 2.75) is 19.4 Å². The summed E-state index contributed by atoms with van der Waals surface area (Å²) in [5.74, 6) is -0.767. The van der Waals surface area contributed by atoms with Gasteiger partial charge in [0.05, 0.1) is 6.54 Å². The number of hydrogen-bond acceptors (Lipinski definition) is 3. The van der Waals surface area contributed by atoms with E-state index in [1.807, 2.05) is 19.1 Å². The Balaban J connectivity index is 1.82. The highest BCUT2D eigenvalue weighted by Gasteiger charge is 2.49. The normalized spacial score (nSPS) is 19.9. The number of ketones is 1. The molecule has 2 aromatic carbocycles. The minimum Gasteiger partial charge on any atom is -0.319 e. The minimum absolute atomic E-state index is 0.312. The van der Waals surface area contributed by atoms with Crippen LogP contribution in [0.5, 0.6) is 0 Å². The van der Waals surface area contributed by atoms with Gasteiger partial charge < -0.3 is 5.32 Å². The Labute approximate surface area is 150 Å². The smallest absolute Gasteiger partial charge is 0.319 e. The molecule has 0 aliphatic carbocycles. The molecule has 0 spiro atoms. The van der Waals surface area contributed by atoms with Gasteiger partial charge in [-0.15, -0.1) is 0 Å². The average Bonchev–Trinajstić information content (AvgIpc) is 2.80. The molecule has 5 nitrogen and oxygen atoms in total. The second kappa shape index (κ2) is 6.33. The third-order valence-corrected chi connectivity index (χ3v) is 4.62. The van der Waals surface area contributed by atoms with E-state index in [-0.39, 0.29) is 12.3 Å². The summed E-state index contributed by atoms with van der Waals surface area (Å²) in [7, 11) is 0. The van der Waals surface area contributed by atoms with Crippen molar-refractivity contribution < 1.29 is 14.4 Å². The van der Waals surface area contributed by atoms with Gasteiger partial charge in [-0.25, -0.2) is 4.79 Å². The molecule has 25 heavy (non-hydrogen) atoms. The average molecular weight is 357 g/mol. The van der Waals surface area contributed by atoms with Gasteiger partial charge in [0.1, 0.15) is 5.54 Å². The monoisotopic (exact) mass is 356 g/mol. The highest BCUT2D eigenvalue weighted by molar-refractivity contribution is 6.30. The number of benzene rings is 2. The van der Waals surface area contributed by atoms with Crippen LogP contribution >= 0.6 is 11.6 Å². The van der Waals surface area contributed by atoms with Crippen LogP contribution in [0.15, 0.2) is 48.5 Å². The van der Waals surface area contributed by atoms with Gasteiger partial charge in [-0.05, 0) is 43.7 Å². The van der Waals surface area contributed by atoms with Crippen LogP contribution in [0.4, 0.5) is 4.79 Å². The molecule has 0 aromatic heterocycles. The van der Waals surface area contributed by atoms with Crippen molar-refractivity contribution >= 4 is 29.3 Å². The highest BCUT2D eigenvalue weighted by atomic mass is 35.5. The van der Waals surface area contributed by atoms with E-state index in [4.69, 9.17) is 11.6 Å². The standard InChI is InChI=1S/C19H17ClN2O3/c1-12-3-7-14(8-4-12)19(2)17(24)22(18(25)21-19)11-16(23)13-5-9-15(20)10-6-13/h3-10H,11H2,1-2H3,(H,21,25). The highest BCUT2D eigenvalue weighted by Crippen LogP contribution is 2.29. The number of Topliss-reactive ketones (excluding diaryl/α,β-unsaturated/α-hetero) is 1. The van der Waals surface area contributed by atoms with Crippen molar-refractivity contribution in [3.63, 3.8) is 0 Å². The maximum Gasteiger partial charge on any atom is 0.325 e. The number of hydrogen-bond donors (Lipinski definition) is 1. The lowest BCUT2D eigenvalue weighted by atomic mass is 9.91. The van der Waals surface area contributed by atoms with Crippen LogP contribution in [0.2, 0.25) is 5.02 Å². The summed E-state index contributed by atoms with van der Waals surface area (Å²) in [6.45, 7) is 3.27. The van der Waals surface area contributed by atoms with E-state index in [9.17, 15) is 14.4 Å². The number of nitrogens with one attached hydrogen (secondary N) is 1. The third kappa shape index (κ3) is 3.15. The molecule has 6 heteroatoms. The predicted molar refractivity (Wildman–Crippen MR) is 94.6 cm³/mol. The van der Waals surface area contributed by atoms with Crippen LogP contribution in [-0.2, 0) is 10.3 Å². The Morgan fingerprint density at radius 1 is 1.08 bits per heavy atom. The summed E-state index contributed by atoms with van der Waals surface area (Å²) in [6.07, 6.45) is 0. The first-order valence-corrected chi connectivity index (χ1v) is 8.19. The second-order valence-corrected chi connectivity index (χ2v) is 6.68. The number of urea groups is 1. The third-order valence-electron chi connectivity index (χ3n) is 4.37. The molecule has 1 unspecified atom stereocenters. The SMILES string of the molecule is Cc1ccc(C2(C)NC(=O)N(CC(=O)c3ccc(Cl)cc3)C2=O)cc1. The molecular weight excluding hydrogens is 340 g/mol. The lowest BCUT2D eigenvalue weighted by Crippen LogP contribution is -2.41. The zero-order chi connectivity index (χ0) is 18.2. The zero-order valence-electron chi connectivity index (χ0n) is 13.9. The number of amides is 3. The fourth-order valence-corrected chi connectivity index (χ4v) is 2.92. The Kier molecular flexibility index (Phi) is 4.35. The van der Waals surface area contributed by atoms with E-state index in [2.05, 4.69) is 5.32 Å². The van der Waals surface area contributed by atoms with Crippen molar-refractivity contribution in [2.24, 2.45) is 0 Å². The zero-order valence-corrected chi connectivity index (χ0v) is 14.6. The maximum atomic E-state index is 12.8. The lowest BCUT2D eigenvalue weighted by molar-refractivity contribution is -0.130. The van der Waals surface area contributed by atoms with Crippen LogP contribution in [0.3, 0.4) is 0 Å². The van der Waals surface area contributed by atoms with Crippen LogP contribution in [-0.4, -0.2) is 29.2 Å². The number of nitrogens with zero attached hydrogens (tertiary/aromatic N) is 1. The van der Waals surface area contributed by atoms with E-state index >= 15 is 0 Å². The van der Waals surface area contributed by atoms with Gasteiger partial charge in [0, 0.05) is 10.6 Å². The fraction of sp³-hybridized carbons (Fsp3) is 0.211. The number of halogens is 1. The molecule has 0 bridgehead atoms. The van der Waals surface area contributed by atoms with E-state index in [0.29, 0.717) is 16.1 Å². The number of rotatable bonds is 4. The van der Waals surface area contributed by atoms with Gasteiger partial charge in [0.15, 0.2) is 5.78 Å². The summed E-state index contributed by atoms with van der Waals surface area (Å²) >= 11 is 5.81. The molecule has 2 aromatic rings. The topological polar surface area (TPSA) is 66.5 Å². The molecule has 1 aliphatic heterocycles. The Morgan fingerprint density at radius 3 is 2.28 bits per heavy atom. The molecule has 1 fully saturated rings. The van der Waals surface area contributed by atoms with Crippen molar-refractivity contribution in [3.05, 3.63) is 70.2 Å². The number of imide groups is 1. The minimum atomic E-state index is -1.18. The van der Waals surface area contributed by atoms with Crippen molar-refractivity contribution in [2.75, 3.05) is 6.54 Å². The van der Waals surface area contributed by atoms with E-state index in [1.165, 1.54) is 0 Å². The number of aryl methyl sites for hydroxylation is 1. The molecule has 0 radical (unpaired) electrons. The Hall–Kier alpha value is -2.66. The molecule has 1 aliphatic rings. The first-order valence-electron chi connectivity index (χ1n) is 7.81. The fourth-order valence-electron chi connectivity index (χ4n) is 2.79. The first kappa shape index (κ1) is 17.2. The van der Waals surface area contributed by atoms with Gasteiger partial charge in [-0.3, -0.25) is 14.5 Å². The van der Waals surface area contributed by atoms with Gasteiger partial charge in [0.2, 0.25) is 0 Å². The van der Waals surface area contributed by atoms with Crippen molar-refractivity contribution in [3.8, 4) is 0 Å². The molecule has 0 saturated carbocycles. The molecular formula is C19H17ClN2O3. The first-order chi connectivity index (χ1) is 11.8. The Morgan fingerprint density at radius 2 is 1.68 bits per heavy atom. The molecule has 1 atom stereocenters. The van der Waals surface area contributed by atoms with E-state index in [0.717, 1.165) is 10.5 Å². The van der Waals surface area contributed by atoms with E-state index < -0.39 is 17.5 Å². The van der Waals surface area contributed by atoms with Crippen molar-refractivity contribution in [1.82, 2.24) is 10.2 Å². The molecule has 1 saturated heterocycles. The second-order valence-electron chi connectivity index (χ2n) is 6.24. The lowest BCUT2D eigenvalue weighted by Gasteiger charge is -2.22. The summed E-state index contributed by atoms with van der Waals surface area (Å²) in [5.41, 5.74) is 0.955. The van der Waals surface area contributed by atoms with Gasteiger partial charge in [0.25, 0.3) is 5.91 Å². The summed E-state index contributed by atoms with van der Waals surface area (Å²) in [4.78, 5) is 38.4. The summed E-state index contributed by atoms with van der Waals surface area (Å²) in [6, 6.07) is 13.1. The molecule has 128 valence electrons. The van der Waals surface area contributed by atoms with Crippen LogP contribution < -0.4 is 5.32 Å². The largest absolute Gasteiger partial charge is 0.325 e. The van der Waals surface area contributed by atoms with Crippen LogP contribution in [0, 0.1) is 6.92 Å². The summed E-state index contributed by atoms with van der Waals surface area (Å²) in [5, 5.41) is 3.21. The van der Waals surface area contributed by atoms with Crippen molar-refractivity contribution in [1.29, 1.82) is 0 Å². The molecule has 1 N–H and O–H groups in total. The van der Waals surface area contributed by atoms with Crippen LogP contribution in [0.1, 0.15) is 28.4 Å². The summed E-state index contributed by atoms with van der Waals surface area (Å²) < 4.78 is 0. The van der Waals surface area contributed by atoms with E-state index in [1.54, 1.807) is 43.3 Å².